The SMILES string of the molecule is N#CCc1ccccc1COCc1cccc(C(F)(F)F)c1. The summed E-state index contributed by atoms with van der Waals surface area (Å²) in [5, 5.41) is 8.76. The van der Waals surface area contributed by atoms with Crippen LogP contribution in [0.3, 0.4) is 0 Å². The molecule has 0 fully saturated rings. The van der Waals surface area contributed by atoms with Gasteiger partial charge in [-0.2, -0.15) is 18.4 Å². The molecular weight excluding hydrogens is 291 g/mol. The van der Waals surface area contributed by atoms with E-state index in [1.807, 2.05) is 24.3 Å². The predicted octanol–water partition coefficient (Wildman–Crippen LogP) is 4.49. The lowest BCUT2D eigenvalue weighted by Gasteiger charge is -2.10. The van der Waals surface area contributed by atoms with Gasteiger partial charge in [-0.15, -0.1) is 0 Å². The largest absolute Gasteiger partial charge is 0.416 e. The van der Waals surface area contributed by atoms with Crippen molar-refractivity contribution >= 4 is 0 Å². The molecule has 0 saturated heterocycles. The number of nitriles is 1. The smallest absolute Gasteiger partial charge is 0.372 e. The fraction of sp³-hybridized carbons (Fsp3) is 0.235. The normalized spacial score (nSPS) is 11.2. The van der Waals surface area contributed by atoms with Crippen LogP contribution in [0, 0.1) is 11.3 Å². The number of ether oxygens (including phenoxy) is 1. The highest BCUT2D eigenvalue weighted by atomic mass is 19.4. The van der Waals surface area contributed by atoms with Crippen molar-refractivity contribution in [3.63, 3.8) is 0 Å². The molecule has 22 heavy (non-hydrogen) atoms. The maximum Gasteiger partial charge on any atom is 0.416 e. The summed E-state index contributed by atoms with van der Waals surface area (Å²) in [6, 6.07) is 14.5. The average Bonchev–Trinajstić information content (AvgIpc) is 2.49. The van der Waals surface area contributed by atoms with Crippen LogP contribution in [0.4, 0.5) is 13.2 Å². The van der Waals surface area contributed by atoms with Gasteiger partial charge >= 0.3 is 6.18 Å². The van der Waals surface area contributed by atoms with Gasteiger partial charge in [0.05, 0.1) is 31.3 Å². The van der Waals surface area contributed by atoms with Crippen molar-refractivity contribution in [2.45, 2.75) is 25.8 Å². The first-order valence-corrected chi connectivity index (χ1v) is 6.68. The van der Waals surface area contributed by atoms with Gasteiger partial charge in [0.2, 0.25) is 0 Å². The first-order valence-electron chi connectivity index (χ1n) is 6.68. The third-order valence-electron chi connectivity index (χ3n) is 3.17. The molecule has 2 aromatic carbocycles. The number of benzene rings is 2. The van der Waals surface area contributed by atoms with Gasteiger partial charge in [0, 0.05) is 0 Å². The van der Waals surface area contributed by atoms with Crippen molar-refractivity contribution in [2.24, 2.45) is 0 Å². The Morgan fingerprint density at radius 3 is 2.36 bits per heavy atom. The molecule has 2 aromatic rings. The summed E-state index contributed by atoms with van der Waals surface area (Å²) in [5.41, 5.74) is 1.52. The lowest BCUT2D eigenvalue weighted by Crippen LogP contribution is -2.05. The molecule has 114 valence electrons. The summed E-state index contributed by atoms with van der Waals surface area (Å²) in [6.07, 6.45) is -4.07. The van der Waals surface area contributed by atoms with Crippen molar-refractivity contribution in [1.29, 1.82) is 5.26 Å². The van der Waals surface area contributed by atoms with Gasteiger partial charge in [-0.25, -0.2) is 0 Å². The Morgan fingerprint density at radius 1 is 0.955 bits per heavy atom. The minimum atomic E-state index is -4.35. The van der Waals surface area contributed by atoms with E-state index in [-0.39, 0.29) is 19.6 Å². The Kier molecular flexibility index (Phi) is 5.18. The van der Waals surface area contributed by atoms with E-state index in [1.165, 1.54) is 6.07 Å². The Morgan fingerprint density at radius 2 is 1.68 bits per heavy atom. The van der Waals surface area contributed by atoms with Gasteiger partial charge in [0.1, 0.15) is 0 Å². The summed E-state index contributed by atoms with van der Waals surface area (Å²) in [7, 11) is 0. The molecule has 0 amide bonds. The Labute approximate surface area is 126 Å². The van der Waals surface area contributed by atoms with E-state index in [4.69, 9.17) is 10.00 Å². The maximum absolute atomic E-state index is 12.6. The summed E-state index contributed by atoms with van der Waals surface area (Å²) >= 11 is 0. The first-order chi connectivity index (χ1) is 10.5. The van der Waals surface area contributed by atoms with E-state index in [0.29, 0.717) is 5.56 Å². The van der Waals surface area contributed by atoms with E-state index in [2.05, 4.69) is 6.07 Å². The molecule has 5 heteroatoms. The third-order valence-corrected chi connectivity index (χ3v) is 3.17. The van der Waals surface area contributed by atoms with Crippen LogP contribution in [0.15, 0.2) is 48.5 Å². The van der Waals surface area contributed by atoms with E-state index in [9.17, 15) is 13.2 Å². The molecule has 0 spiro atoms. The molecule has 0 aliphatic heterocycles. The van der Waals surface area contributed by atoms with E-state index < -0.39 is 11.7 Å². The zero-order valence-electron chi connectivity index (χ0n) is 11.7. The molecule has 0 N–H and O–H groups in total. The van der Waals surface area contributed by atoms with Crippen molar-refractivity contribution < 1.29 is 17.9 Å². The van der Waals surface area contributed by atoms with Crippen LogP contribution in [0.1, 0.15) is 22.3 Å². The fourth-order valence-electron chi connectivity index (χ4n) is 2.07. The molecule has 0 aliphatic carbocycles. The number of rotatable bonds is 5. The van der Waals surface area contributed by atoms with Crippen LogP contribution in [0.2, 0.25) is 0 Å². The number of hydrogen-bond donors (Lipinski definition) is 0. The van der Waals surface area contributed by atoms with Crippen molar-refractivity contribution in [3.05, 3.63) is 70.8 Å². The second-order valence-electron chi connectivity index (χ2n) is 4.79. The quantitative estimate of drug-likeness (QED) is 0.815. The average molecular weight is 305 g/mol. The summed E-state index contributed by atoms with van der Waals surface area (Å²) in [6.45, 7) is 0.346. The molecular formula is C17H14F3NO. The van der Waals surface area contributed by atoms with Crippen molar-refractivity contribution in [1.82, 2.24) is 0 Å². The van der Waals surface area contributed by atoms with Crippen LogP contribution >= 0.6 is 0 Å². The van der Waals surface area contributed by atoms with Crippen LogP contribution < -0.4 is 0 Å². The Balaban J connectivity index is 1.99. The fourth-order valence-corrected chi connectivity index (χ4v) is 2.07. The number of nitrogens with zero attached hydrogens (tertiary/aromatic N) is 1. The number of halogens is 3. The zero-order valence-corrected chi connectivity index (χ0v) is 11.7. The molecule has 2 nitrogen and oxygen atoms in total. The van der Waals surface area contributed by atoms with Gasteiger partial charge in [0.25, 0.3) is 0 Å². The molecule has 0 aliphatic rings. The molecule has 0 unspecified atom stereocenters. The van der Waals surface area contributed by atoms with Crippen LogP contribution in [0.25, 0.3) is 0 Å². The monoisotopic (exact) mass is 305 g/mol. The topological polar surface area (TPSA) is 33.0 Å². The van der Waals surface area contributed by atoms with E-state index in [0.717, 1.165) is 23.3 Å². The molecule has 0 bridgehead atoms. The van der Waals surface area contributed by atoms with Gasteiger partial charge in [0.15, 0.2) is 0 Å². The van der Waals surface area contributed by atoms with Crippen molar-refractivity contribution in [2.75, 3.05) is 0 Å². The highest BCUT2D eigenvalue weighted by Crippen LogP contribution is 2.29. The molecule has 0 radical (unpaired) electrons. The van der Waals surface area contributed by atoms with Gasteiger partial charge < -0.3 is 4.74 Å². The molecule has 0 heterocycles. The molecule has 0 saturated carbocycles. The molecule has 0 atom stereocenters. The Hall–Kier alpha value is -2.32. The van der Waals surface area contributed by atoms with Gasteiger partial charge in [-0.05, 0) is 28.8 Å². The first kappa shape index (κ1) is 16.1. The van der Waals surface area contributed by atoms with Gasteiger partial charge in [-0.1, -0.05) is 36.4 Å². The summed E-state index contributed by atoms with van der Waals surface area (Å²) in [5.74, 6) is 0. The van der Waals surface area contributed by atoms with Gasteiger partial charge in [-0.3, -0.25) is 0 Å². The highest BCUT2D eigenvalue weighted by molar-refractivity contribution is 5.29. The van der Waals surface area contributed by atoms with E-state index in [1.54, 1.807) is 6.07 Å². The van der Waals surface area contributed by atoms with Crippen molar-refractivity contribution in [3.8, 4) is 6.07 Å². The van der Waals surface area contributed by atoms with E-state index >= 15 is 0 Å². The van der Waals surface area contributed by atoms with Crippen LogP contribution in [-0.2, 0) is 30.5 Å². The summed E-state index contributed by atoms with van der Waals surface area (Å²) < 4.78 is 43.3. The third kappa shape index (κ3) is 4.34. The zero-order chi connectivity index (χ0) is 16.0. The minimum absolute atomic E-state index is 0.0881. The van der Waals surface area contributed by atoms with Crippen LogP contribution in [-0.4, -0.2) is 0 Å². The second-order valence-corrected chi connectivity index (χ2v) is 4.79. The number of hydrogen-bond acceptors (Lipinski definition) is 2. The summed E-state index contributed by atoms with van der Waals surface area (Å²) in [4.78, 5) is 0. The highest BCUT2D eigenvalue weighted by Gasteiger charge is 2.30. The molecule has 2 rings (SSSR count). The lowest BCUT2D eigenvalue weighted by atomic mass is 10.1. The predicted molar refractivity (Wildman–Crippen MR) is 75.7 cm³/mol. The van der Waals surface area contributed by atoms with Crippen LogP contribution in [0.5, 0.6) is 0 Å². The number of alkyl halides is 3. The Bertz CT molecular complexity index is 674. The lowest BCUT2D eigenvalue weighted by molar-refractivity contribution is -0.137. The maximum atomic E-state index is 12.6. The second kappa shape index (κ2) is 7.10. The minimum Gasteiger partial charge on any atom is -0.372 e. The molecule has 0 aromatic heterocycles. The standard InChI is InChI=1S/C17H14F3NO/c18-17(19,20)16-7-3-4-13(10-16)11-22-12-15-6-2-1-5-14(15)8-9-21/h1-7,10H,8,11-12H2.